The van der Waals surface area contributed by atoms with Gasteiger partial charge in [-0.15, -0.1) is 0 Å². The number of anilines is 1. The Bertz CT molecular complexity index is 1260. The van der Waals surface area contributed by atoms with E-state index >= 15 is 0 Å². The number of benzene rings is 2. The van der Waals surface area contributed by atoms with Gasteiger partial charge in [-0.05, 0) is 36.8 Å². The molecule has 0 bridgehead atoms. The first-order chi connectivity index (χ1) is 14.1. The van der Waals surface area contributed by atoms with Crippen LogP contribution in [0.5, 0.6) is 11.5 Å². The summed E-state index contributed by atoms with van der Waals surface area (Å²) in [5.41, 5.74) is 0.822. The molecule has 0 saturated heterocycles. The van der Waals surface area contributed by atoms with Gasteiger partial charge in [0.15, 0.2) is 4.96 Å². The third-order valence-corrected chi connectivity index (χ3v) is 5.39. The molecule has 0 spiro atoms. The molecule has 0 aliphatic carbocycles. The van der Waals surface area contributed by atoms with Crippen LogP contribution in [-0.2, 0) is 0 Å². The summed E-state index contributed by atoms with van der Waals surface area (Å²) in [6.07, 6.45) is 2.30. The zero-order chi connectivity index (χ0) is 20.4. The standard InChI is InChI=1S/C21H19N3O4S/c1-3-10-28-13-8-9-16-18(11-13)29-21-22-12-15(20(26)24(16)21)23-19(25)14-6-4-5-7-17(14)27-2/h4-9,11-12H,3,10H2,1-2H3,(H,23,25). The average Bonchev–Trinajstić information content (AvgIpc) is 3.12. The molecule has 2 aromatic carbocycles. The van der Waals surface area contributed by atoms with Crippen molar-refractivity contribution in [3.63, 3.8) is 0 Å². The van der Waals surface area contributed by atoms with Crippen molar-refractivity contribution in [1.29, 1.82) is 0 Å². The first kappa shape index (κ1) is 18.9. The number of hydrogen-bond donors (Lipinski definition) is 1. The Morgan fingerprint density at radius 3 is 2.86 bits per heavy atom. The minimum absolute atomic E-state index is 0.101. The molecule has 2 aromatic heterocycles. The van der Waals surface area contributed by atoms with E-state index in [-0.39, 0.29) is 11.2 Å². The minimum Gasteiger partial charge on any atom is -0.496 e. The Hall–Kier alpha value is -3.39. The zero-order valence-corrected chi connectivity index (χ0v) is 16.8. The lowest BCUT2D eigenvalue weighted by Crippen LogP contribution is -2.23. The topological polar surface area (TPSA) is 81.9 Å². The van der Waals surface area contributed by atoms with E-state index < -0.39 is 5.91 Å². The van der Waals surface area contributed by atoms with Gasteiger partial charge in [0.2, 0.25) is 0 Å². The number of nitrogens with zero attached hydrogens (tertiary/aromatic N) is 2. The van der Waals surface area contributed by atoms with Gasteiger partial charge in [0.1, 0.15) is 17.2 Å². The second kappa shape index (κ2) is 7.92. The van der Waals surface area contributed by atoms with E-state index in [4.69, 9.17) is 9.47 Å². The summed E-state index contributed by atoms with van der Waals surface area (Å²) >= 11 is 1.39. The lowest BCUT2D eigenvalue weighted by Gasteiger charge is -2.08. The Morgan fingerprint density at radius 2 is 2.07 bits per heavy atom. The lowest BCUT2D eigenvalue weighted by molar-refractivity contribution is 0.102. The number of para-hydroxylation sites is 1. The van der Waals surface area contributed by atoms with E-state index in [9.17, 15) is 9.59 Å². The molecule has 29 heavy (non-hydrogen) atoms. The highest BCUT2D eigenvalue weighted by atomic mass is 32.1. The molecule has 0 saturated carbocycles. The predicted octanol–water partition coefficient (Wildman–Crippen LogP) is 3.96. The van der Waals surface area contributed by atoms with Crippen LogP contribution in [0.3, 0.4) is 0 Å². The molecule has 148 valence electrons. The number of rotatable bonds is 6. The quantitative estimate of drug-likeness (QED) is 0.521. The number of nitrogens with one attached hydrogen (secondary N) is 1. The molecule has 0 aliphatic heterocycles. The molecule has 7 nitrogen and oxygen atoms in total. The highest BCUT2D eigenvalue weighted by molar-refractivity contribution is 7.23. The number of aromatic nitrogens is 2. The summed E-state index contributed by atoms with van der Waals surface area (Å²) in [5, 5.41) is 2.65. The Labute approximate surface area is 170 Å². The van der Waals surface area contributed by atoms with Gasteiger partial charge in [0.05, 0.1) is 35.7 Å². The fourth-order valence-corrected chi connectivity index (χ4v) is 4.01. The second-order valence-corrected chi connectivity index (χ2v) is 7.34. The van der Waals surface area contributed by atoms with Gasteiger partial charge >= 0.3 is 0 Å². The SMILES string of the molecule is CCCOc1ccc2c(c1)sc1ncc(NC(=O)c3ccccc3OC)c(=O)n12. The molecular weight excluding hydrogens is 390 g/mol. The molecule has 0 atom stereocenters. The van der Waals surface area contributed by atoms with Crippen molar-refractivity contribution < 1.29 is 14.3 Å². The van der Waals surface area contributed by atoms with E-state index in [1.54, 1.807) is 24.3 Å². The van der Waals surface area contributed by atoms with Gasteiger partial charge in [-0.25, -0.2) is 9.38 Å². The summed E-state index contributed by atoms with van der Waals surface area (Å²) in [6, 6.07) is 12.4. The van der Waals surface area contributed by atoms with Crippen molar-refractivity contribution in [2.75, 3.05) is 19.0 Å². The maximum atomic E-state index is 13.0. The zero-order valence-electron chi connectivity index (χ0n) is 16.0. The van der Waals surface area contributed by atoms with Crippen molar-refractivity contribution in [1.82, 2.24) is 9.38 Å². The number of hydrogen-bond acceptors (Lipinski definition) is 6. The Morgan fingerprint density at radius 1 is 1.24 bits per heavy atom. The highest BCUT2D eigenvalue weighted by Crippen LogP contribution is 2.28. The summed E-state index contributed by atoms with van der Waals surface area (Å²) in [4.78, 5) is 30.6. The molecule has 4 rings (SSSR count). The first-order valence-corrected chi connectivity index (χ1v) is 9.95. The van der Waals surface area contributed by atoms with Crippen LogP contribution < -0.4 is 20.3 Å². The van der Waals surface area contributed by atoms with Crippen LogP contribution in [0.2, 0.25) is 0 Å². The molecule has 0 unspecified atom stereocenters. The molecule has 1 N–H and O–H groups in total. The van der Waals surface area contributed by atoms with Crippen LogP contribution in [-0.4, -0.2) is 29.0 Å². The van der Waals surface area contributed by atoms with Crippen LogP contribution >= 0.6 is 11.3 Å². The third-order valence-electron chi connectivity index (χ3n) is 4.37. The number of ether oxygens (including phenoxy) is 2. The monoisotopic (exact) mass is 409 g/mol. The molecule has 0 aliphatic rings. The minimum atomic E-state index is -0.434. The van der Waals surface area contributed by atoms with Gasteiger partial charge in [0.25, 0.3) is 11.5 Å². The Balaban J connectivity index is 1.72. The van der Waals surface area contributed by atoms with E-state index in [2.05, 4.69) is 10.3 Å². The van der Waals surface area contributed by atoms with Gasteiger partial charge in [0, 0.05) is 0 Å². The summed E-state index contributed by atoms with van der Waals surface area (Å²) < 4.78 is 13.3. The number of carbonyl (C=O) groups excluding carboxylic acids is 1. The van der Waals surface area contributed by atoms with Crippen LogP contribution in [0.4, 0.5) is 5.69 Å². The maximum Gasteiger partial charge on any atom is 0.282 e. The molecule has 0 fully saturated rings. The van der Waals surface area contributed by atoms with Crippen molar-refractivity contribution >= 4 is 38.1 Å². The summed E-state index contributed by atoms with van der Waals surface area (Å²) in [7, 11) is 1.49. The van der Waals surface area contributed by atoms with Gasteiger partial charge < -0.3 is 14.8 Å². The predicted molar refractivity (Wildman–Crippen MR) is 114 cm³/mol. The number of carbonyl (C=O) groups is 1. The molecule has 1 amide bonds. The van der Waals surface area contributed by atoms with Crippen LogP contribution in [0.25, 0.3) is 15.2 Å². The third kappa shape index (κ3) is 3.54. The van der Waals surface area contributed by atoms with E-state index in [0.717, 1.165) is 22.4 Å². The van der Waals surface area contributed by atoms with Crippen molar-refractivity contribution in [2.24, 2.45) is 0 Å². The first-order valence-electron chi connectivity index (χ1n) is 9.14. The van der Waals surface area contributed by atoms with Crippen molar-refractivity contribution in [3.8, 4) is 11.5 Å². The largest absolute Gasteiger partial charge is 0.496 e. The van der Waals surface area contributed by atoms with Crippen molar-refractivity contribution in [2.45, 2.75) is 13.3 Å². The van der Waals surface area contributed by atoms with Gasteiger partial charge in [-0.3, -0.25) is 9.59 Å². The fourth-order valence-electron chi connectivity index (χ4n) is 3.00. The summed E-state index contributed by atoms with van der Waals surface area (Å²) in [6.45, 7) is 2.68. The summed E-state index contributed by atoms with van der Waals surface area (Å²) in [5.74, 6) is 0.750. The smallest absolute Gasteiger partial charge is 0.282 e. The number of thiazole rings is 1. The average molecular weight is 409 g/mol. The molecule has 2 heterocycles. The van der Waals surface area contributed by atoms with Crippen LogP contribution in [0.15, 0.2) is 53.5 Å². The molecule has 4 aromatic rings. The molecule has 8 heteroatoms. The number of amides is 1. The van der Waals surface area contributed by atoms with Crippen LogP contribution in [0, 0.1) is 0 Å². The Kier molecular flexibility index (Phi) is 5.18. The van der Waals surface area contributed by atoms with Gasteiger partial charge in [-0.2, -0.15) is 0 Å². The number of fused-ring (bicyclic) bond motifs is 3. The number of methoxy groups -OCH3 is 1. The van der Waals surface area contributed by atoms with E-state index in [1.165, 1.54) is 29.0 Å². The van der Waals surface area contributed by atoms with E-state index in [0.29, 0.717) is 22.9 Å². The fraction of sp³-hybridized carbons (Fsp3) is 0.190. The molecular formula is C21H19N3O4S. The lowest BCUT2D eigenvalue weighted by atomic mass is 10.2. The van der Waals surface area contributed by atoms with Crippen molar-refractivity contribution in [3.05, 3.63) is 64.6 Å². The van der Waals surface area contributed by atoms with Gasteiger partial charge in [-0.1, -0.05) is 30.4 Å². The normalized spacial score (nSPS) is 11.0. The van der Waals surface area contributed by atoms with Crippen LogP contribution in [0.1, 0.15) is 23.7 Å². The molecule has 0 radical (unpaired) electrons. The maximum absolute atomic E-state index is 13.0. The highest BCUT2D eigenvalue weighted by Gasteiger charge is 2.16. The van der Waals surface area contributed by atoms with E-state index in [1.807, 2.05) is 25.1 Å². The second-order valence-electron chi connectivity index (χ2n) is 6.33.